The summed E-state index contributed by atoms with van der Waals surface area (Å²) in [5.74, 6) is -0.374. The first-order chi connectivity index (χ1) is 10.0. The van der Waals surface area contributed by atoms with Crippen molar-refractivity contribution in [2.24, 2.45) is 0 Å². The Bertz CT molecular complexity index is 714. The van der Waals surface area contributed by atoms with E-state index in [0.717, 1.165) is 27.3 Å². The summed E-state index contributed by atoms with van der Waals surface area (Å²) in [4.78, 5) is 13.2. The molecule has 21 heavy (non-hydrogen) atoms. The molecule has 0 saturated heterocycles. The topological polar surface area (TPSA) is 52.9 Å². The van der Waals surface area contributed by atoms with E-state index in [1.54, 1.807) is 6.08 Å². The predicted octanol–water partition coefficient (Wildman–Crippen LogP) is 4.22. The standard InChI is InChI=1S/C17H16N2OS/c1-11-7-12(2)16(13(3)8-11)19-17(20)14(10-18)9-15-5-4-6-21-15/h4-9H,1-3H3,(H,19,20). The van der Waals surface area contributed by atoms with Crippen molar-refractivity contribution in [2.75, 3.05) is 5.32 Å². The number of rotatable bonds is 3. The van der Waals surface area contributed by atoms with E-state index < -0.39 is 0 Å². The van der Waals surface area contributed by atoms with Crippen LogP contribution >= 0.6 is 11.3 Å². The van der Waals surface area contributed by atoms with Crippen molar-refractivity contribution < 1.29 is 4.79 Å². The molecule has 1 aromatic carbocycles. The Morgan fingerprint density at radius 2 is 1.95 bits per heavy atom. The molecule has 106 valence electrons. The molecule has 1 amide bonds. The lowest BCUT2D eigenvalue weighted by Gasteiger charge is -2.12. The Kier molecular flexibility index (Phi) is 4.56. The molecule has 4 heteroatoms. The lowest BCUT2D eigenvalue weighted by molar-refractivity contribution is -0.112. The van der Waals surface area contributed by atoms with Gasteiger partial charge in [-0.15, -0.1) is 11.3 Å². The molecule has 0 aliphatic carbocycles. The van der Waals surface area contributed by atoms with Crippen molar-refractivity contribution in [3.8, 4) is 6.07 Å². The second kappa shape index (κ2) is 6.38. The van der Waals surface area contributed by atoms with Gasteiger partial charge in [-0.1, -0.05) is 23.8 Å². The Hall–Kier alpha value is -2.38. The number of nitrogens with zero attached hydrogens (tertiary/aromatic N) is 1. The second-order valence-electron chi connectivity index (χ2n) is 4.91. The van der Waals surface area contributed by atoms with E-state index in [1.165, 1.54) is 11.3 Å². The smallest absolute Gasteiger partial charge is 0.266 e. The average Bonchev–Trinajstić information content (AvgIpc) is 2.92. The first-order valence-electron chi connectivity index (χ1n) is 6.55. The van der Waals surface area contributed by atoms with Crippen molar-refractivity contribution in [3.63, 3.8) is 0 Å². The summed E-state index contributed by atoms with van der Waals surface area (Å²) in [5.41, 5.74) is 4.02. The molecule has 1 heterocycles. The zero-order chi connectivity index (χ0) is 15.4. The van der Waals surface area contributed by atoms with Crippen LogP contribution < -0.4 is 5.32 Å². The van der Waals surface area contributed by atoms with Crippen molar-refractivity contribution >= 4 is 29.0 Å². The molecule has 3 nitrogen and oxygen atoms in total. The van der Waals surface area contributed by atoms with Crippen LogP contribution in [0.15, 0.2) is 35.2 Å². The summed E-state index contributed by atoms with van der Waals surface area (Å²) in [7, 11) is 0. The van der Waals surface area contributed by atoms with E-state index in [4.69, 9.17) is 0 Å². The minimum absolute atomic E-state index is 0.108. The Morgan fingerprint density at radius 1 is 1.29 bits per heavy atom. The molecule has 0 bridgehead atoms. The van der Waals surface area contributed by atoms with Crippen LogP contribution in [0.2, 0.25) is 0 Å². The van der Waals surface area contributed by atoms with E-state index in [-0.39, 0.29) is 11.5 Å². The molecule has 0 radical (unpaired) electrons. The van der Waals surface area contributed by atoms with E-state index in [9.17, 15) is 10.1 Å². The van der Waals surface area contributed by atoms with E-state index in [1.807, 2.05) is 56.5 Å². The summed E-state index contributed by atoms with van der Waals surface area (Å²) >= 11 is 1.49. The molecule has 0 aliphatic heterocycles. The molecule has 0 aliphatic rings. The number of nitriles is 1. The first-order valence-corrected chi connectivity index (χ1v) is 7.43. The van der Waals surface area contributed by atoms with Gasteiger partial charge >= 0.3 is 0 Å². The summed E-state index contributed by atoms with van der Waals surface area (Å²) < 4.78 is 0. The van der Waals surface area contributed by atoms with Crippen LogP contribution in [0.4, 0.5) is 5.69 Å². The molecule has 1 N–H and O–H groups in total. The third kappa shape index (κ3) is 3.59. The van der Waals surface area contributed by atoms with Crippen molar-refractivity contribution in [3.05, 3.63) is 56.8 Å². The van der Waals surface area contributed by atoms with Gasteiger partial charge in [0.1, 0.15) is 11.6 Å². The highest BCUT2D eigenvalue weighted by atomic mass is 32.1. The molecule has 1 aromatic heterocycles. The molecule has 0 saturated carbocycles. The number of benzene rings is 1. The number of aryl methyl sites for hydroxylation is 3. The fraction of sp³-hybridized carbons (Fsp3) is 0.176. The van der Waals surface area contributed by atoms with Gasteiger partial charge in [0.05, 0.1) is 0 Å². The molecule has 2 rings (SSSR count). The van der Waals surface area contributed by atoms with Gasteiger partial charge in [-0.05, 0) is 49.4 Å². The van der Waals surface area contributed by atoms with Crippen molar-refractivity contribution in [2.45, 2.75) is 20.8 Å². The maximum Gasteiger partial charge on any atom is 0.266 e. The minimum Gasteiger partial charge on any atom is -0.321 e. The highest BCUT2D eigenvalue weighted by Crippen LogP contribution is 2.23. The van der Waals surface area contributed by atoms with E-state index in [2.05, 4.69) is 5.32 Å². The summed E-state index contributed by atoms with van der Waals surface area (Å²) in [6, 6.07) is 9.75. The number of carbonyl (C=O) groups is 1. The first kappa shape index (κ1) is 15.0. The third-order valence-electron chi connectivity index (χ3n) is 3.11. The molecule has 0 atom stereocenters. The van der Waals surface area contributed by atoms with Gasteiger partial charge in [-0.2, -0.15) is 5.26 Å². The van der Waals surface area contributed by atoms with Gasteiger partial charge in [0.15, 0.2) is 0 Å². The van der Waals surface area contributed by atoms with Crippen LogP contribution in [-0.4, -0.2) is 5.91 Å². The maximum atomic E-state index is 12.3. The summed E-state index contributed by atoms with van der Waals surface area (Å²) in [5, 5.41) is 13.9. The number of hydrogen-bond donors (Lipinski definition) is 1. The number of anilines is 1. The normalized spacial score (nSPS) is 11.0. The molecule has 2 aromatic rings. The van der Waals surface area contributed by atoms with Gasteiger partial charge in [0.2, 0.25) is 0 Å². The lowest BCUT2D eigenvalue weighted by Crippen LogP contribution is -2.15. The molecular weight excluding hydrogens is 280 g/mol. The Morgan fingerprint density at radius 3 is 2.48 bits per heavy atom. The van der Waals surface area contributed by atoms with Crippen LogP contribution in [0.3, 0.4) is 0 Å². The van der Waals surface area contributed by atoms with Crippen LogP contribution in [-0.2, 0) is 4.79 Å². The molecule has 0 unspecified atom stereocenters. The number of thiophene rings is 1. The predicted molar refractivity (Wildman–Crippen MR) is 87.2 cm³/mol. The van der Waals surface area contributed by atoms with E-state index >= 15 is 0 Å². The Labute approximate surface area is 128 Å². The van der Waals surface area contributed by atoms with Crippen LogP contribution in [0, 0.1) is 32.1 Å². The van der Waals surface area contributed by atoms with Crippen molar-refractivity contribution in [1.29, 1.82) is 5.26 Å². The number of amides is 1. The zero-order valence-electron chi connectivity index (χ0n) is 12.2. The minimum atomic E-state index is -0.374. The fourth-order valence-corrected chi connectivity index (χ4v) is 2.88. The SMILES string of the molecule is Cc1cc(C)c(NC(=O)C(C#N)=Cc2cccs2)c(C)c1. The number of nitrogens with one attached hydrogen (secondary N) is 1. The van der Waals surface area contributed by atoms with Crippen LogP contribution in [0.1, 0.15) is 21.6 Å². The quantitative estimate of drug-likeness (QED) is 0.681. The summed E-state index contributed by atoms with van der Waals surface area (Å²) in [6.45, 7) is 5.91. The van der Waals surface area contributed by atoms with Crippen molar-refractivity contribution in [1.82, 2.24) is 0 Å². The molecular formula is C17H16N2OS. The Balaban J connectivity index is 2.27. The zero-order valence-corrected chi connectivity index (χ0v) is 13.0. The molecule has 0 fully saturated rings. The third-order valence-corrected chi connectivity index (χ3v) is 3.93. The molecule has 0 spiro atoms. The van der Waals surface area contributed by atoms with Gasteiger partial charge in [-0.25, -0.2) is 0 Å². The monoisotopic (exact) mass is 296 g/mol. The maximum absolute atomic E-state index is 12.3. The van der Waals surface area contributed by atoms with Gasteiger partial charge in [0.25, 0.3) is 5.91 Å². The van der Waals surface area contributed by atoms with Crippen LogP contribution in [0.5, 0.6) is 0 Å². The lowest BCUT2D eigenvalue weighted by atomic mass is 10.0. The summed E-state index contributed by atoms with van der Waals surface area (Å²) in [6.07, 6.45) is 1.61. The van der Waals surface area contributed by atoms with Gasteiger partial charge in [0, 0.05) is 10.6 Å². The van der Waals surface area contributed by atoms with E-state index in [0.29, 0.717) is 0 Å². The highest BCUT2D eigenvalue weighted by molar-refractivity contribution is 7.10. The largest absolute Gasteiger partial charge is 0.321 e. The fourth-order valence-electron chi connectivity index (χ4n) is 2.22. The average molecular weight is 296 g/mol. The van der Waals surface area contributed by atoms with Gasteiger partial charge in [-0.3, -0.25) is 4.79 Å². The highest BCUT2D eigenvalue weighted by Gasteiger charge is 2.13. The van der Waals surface area contributed by atoms with Crippen LogP contribution in [0.25, 0.3) is 6.08 Å². The number of hydrogen-bond acceptors (Lipinski definition) is 3. The number of carbonyl (C=O) groups excluding carboxylic acids is 1. The van der Waals surface area contributed by atoms with Gasteiger partial charge < -0.3 is 5.32 Å². The second-order valence-corrected chi connectivity index (χ2v) is 5.89.